The van der Waals surface area contributed by atoms with Crippen LogP contribution in [0.1, 0.15) is 5.56 Å². The predicted octanol–water partition coefficient (Wildman–Crippen LogP) is 2.43. The van der Waals surface area contributed by atoms with Crippen LogP contribution in [0.15, 0.2) is 35.7 Å². The number of imidazole rings is 1. The maximum Gasteiger partial charge on any atom is 0.167 e. The van der Waals surface area contributed by atoms with Crippen LogP contribution in [0.25, 0.3) is 0 Å². The monoisotopic (exact) mass is 237 g/mol. The molecule has 1 heterocycles. The Bertz CT molecular complexity index is 475. The molecule has 0 unspecified atom stereocenters. The Kier molecular flexibility index (Phi) is 3.14. The Morgan fingerprint density at radius 2 is 2.25 bits per heavy atom. The molecule has 84 valence electrons. The second-order valence-electron chi connectivity index (χ2n) is 3.50. The van der Waals surface area contributed by atoms with E-state index < -0.39 is 0 Å². The van der Waals surface area contributed by atoms with Crippen molar-refractivity contribution in [3.05, 3.63) is 42.0 Å². The fourth-order valence-corrected chi connectivity index (χ4v) is 2.26. The Balaban J connectivity index is 2.07. The van der Waals surface area contributed by atoms with Crippen LogP contribution in [0.2, 0.25) is 0 Å². The molecule has 0 fully saturated rings. The van der Waals surface area contributed by atoms with Crippen molar-refractivity contribution < 1.29 is 4.39 Å². The summed E-state index contributed by atoms with van der Waals surface area (Å²) in [6, 6.07) is 4.58. The van der Waals surface area contributed by atoms with Gasteiger partial charge in [-0.3, -0.25) is 0 Å². The molecule has 0 spiro atoms. The lowest BCUT2D eigenvalue weighted by Gasteiger charge is -2.03. The van der Waals surface area contributed by atoms with Crippen molar-refractivity contribution in [3.8, 4) is 0 Å². The Labute approximate surface area is 97.5 Å². The lowest BCUT2D eigenvalue weighted by Crippen LogP contribution is -1.92. The second kappa shape index (κ2) is 4.57. The van der Waals surface area contributed by atoms with Crippen LogP contribution >= 0.6 is 11.8 Å². The number of benzene rings is 1. The van der Waals surface area contributed by atoms with E-state index in [0.29, 0.717) is 11.4 Å². The normalized spacial score (nSPS) is 10.6. The molecule has 0 saturated heterocycles. The number of nitrogen functional groups attached to an aromatic ring is 1. The topological polar surface area (TPSA) is 43.8 Å². The standard InChI is InChI=1S/C11H12FN3S/c1-15-3-2-14-11(15)16-7-8-4-9(12)6-10(13)5-8/h2-6H,7,13H2,1H3. The Morgan fingerprint density at radius 3 is 2.88 bits per heavy atom. The van der Waals surface area contributed by atoms with Crippen molar-refractivity contribution in [2.75, 3.05) is 5.73 Å². The van der Waals surface area contributed by atoms with Gasteiger partial charge in [-0.2, -0.15) is 0 Å². The number of anilines is 1. The molecule has 0 atom stereocenters. The fourth-order valence-electron chi connectivity index (χ4n) is 1.40. The quantitative estimate of drug-likeness (QED) is 0.658. The molecule has 3 nitrogen and oxygen atoms in total. The van der Waals surface area contributed by atoms with E-state index in [1.54, 1.807) is 24.0 Å². The van der Waals surface area contributed by atoms with E-state index in [4.69, 9.17) is 5.73 Å². The summed E-state index contributed by atoms with van der Waals surface area (Å²) < 4.78 is 15.0. The first-order chi connectivity index (χ1) is 7.65. The van der Waals surface area contributed by atoms with E-state index in [1.165, 1.54) is 12.1 Å². The lowest BCUT2D eigenvalue weighted by atomic mass is 10.2. The number of halogens is 1. The zero-order chi connectivity index (χ0) is 11.5. The van der Waals surface area contributed by atoms with Crippen molar-refractivity contribution in [1.29, 1.82) is 0 Å². The van der Waals surface area contributed by atoms with Gasteiger partial charge in [0.15, 0.2) is 5.16 Å². The van der Waals surface area contributed by atoms with Gasteiger partial charge in [0, 0.05) is 30.9 Å². The number of thioether (sulfide) groups is 1. The minimum Gasteiger partial charge on any atom is -0.399 e. The molecule has 5 heteroatoms. The molecule has 1 aromatic carbocycles. The first-order valence-corrected chi connectivity index (χ1v) is 5.79. The van der Waals surface area contributed by atoms with E-state index in [1.807, 2.05) is 17.8 Å². The molecule has 0 radical (unpaired) electrons. The second-order valence-corrected chi connectivity index (χ2v) is 4.44. The highest BCUT2D eigenvalue weighted by Crippen LogP contribution is 2.22. The third-order valence-corrected chi connectivity index (χ3v) is 3.25. The summed E-state index contributed by atoms with van der Waals surface area (Å²) in [7, 11) is 1.93. The van der Waals surface area contributed by atoms with Crippen LogP contribution in [-0.2, 0) is 12.8 Å². The number of nitrogens with zero attached hydrogens (tertiary/aromatic N) is 2. The highest BCUT2D eigenvalue weighted by atomic mass is 32.2. The summed E-state index contributed by atoms with van der Waals surface area (Å²) in [6.45, 7) is 0. The average Bonchev–Trinajstić information content (AvgIpc) is 2.59. The highest BCUT2D eigenvalue weighted by Gasteiger charge is 2.03. The summed E-state index contributed by atoms with van der Waals surface area (Å²) in [4.78, 5) is 4.18. The van der Waals surface area contributed by atoms with E-state index in [9.17, 15) is 4.39 Å². The van der Waals surface area contributed by atoms with Crippen LogP contribution in [-0.4, -0.2) is 9.55 Å². The summed E-state index contributed by atoms with van der Waals surface area (Å²) in [5.74, 6) is 0.364. The van der Waals surface area contributed by atoms with Gasteiger partial charge in [0.1, 0.15) is 5.82 Å². The van der Waals surface area contributed by atoms with Gasteiger partial charge in [0.2, 0.25) is 0 Å². The number of nitrogens with two attached hydrogens (primary N) is 1. The van der Waals surface area contributed by atoms with Gasteiger partial charge < -0.3 is 10.3 Å². The third-order valence-electron chi connectivity index (χ3n) is 2.12. The molecule has 0 amide bonds. The molecule has 0 aliphatic rings. The predicted molar refractivity (Wildman–Crippen MR) is 63.6 cm³/mol. The minimum absolute atomic E-state index is 0.296. The molecular weight excluding hydrogens is 225 g/mol. The number of rotatable bonds is 3. The summed E-state index contributed by atoms with van der Waals surface area (Å²) in [6.07, 6.45) is 3.62. The van der Waals surface area contributed by atoms with Gasteiger partial charge in [-0.15, -0.1) is 0 Å². The van der Waals surface area contributed by atoms with Gasteiger partial charge in [-0.1, -0.05) is 11.8 Å². The van der Waals surface area contributed by atoms with Gasteiger partial charge in [0.05, 0.1) is 0 Å². The maximum atomic E-state index is 13.1. The van der Waals surface area contributed by atoms with Crippen LogP contribution in [0.4, 0.5) is 10.1 Å². The van der Waals surface area contributed by atoms with E-state index in [0.717, 1.165) is 10.7 Å². The van der Waals surface area contributed by atoms with E-state index in [2.05, 4.69) is 4.98 Å². The molecule has 1 aromatic heterocycles. The van der Waals surface area contributed by atoms with Gasteiger partial charge in [-0.25, -0.2) is 9.37 Å². The first-order valence-electron chi connectivity index (χ1n) is 4.80. The summed E-state index contributed by atoms with van der Waals surface area (Å²) >= 11 is 1.55. The first kappa shape index (κ1) is 11.0. The van der Waals surface area contributed by atoms with Crippen molar-refractivity contribution in [1.82, 2.24) is 9.55 Å². The molecule has 0 saturated carbocycles. The largest absolute Gasteiger partial charge is 0.399 e. The van der Waals surface area contributed by atoms with Crippen molar-refractivity contribution >= 4 is 17.4 Å². The molecule has 0 aliphatic heterocycles. The molecule has 0 aliphatic carbocycles. The van der Waals surface area contributed by atoms with Crippen molar-refractivity contribution in [2.45, 2.75) is 10.9 Å². The fraction of sp³-hybridized carbons (Fsp3) is 0.182. The number of aromatic nitrogens is 2. The van der Waals surface area contributed by atoms with Crippen LogP contribution in [0.5, 0.6) is 0 Å². The summed E-state index contributed by atoms with van der Waals surface area (Å²) in [5.41, 5.74) is 6.89. The van der Waals surface area contributed by atoms with Crippen molar-refractivity contribution in [2.24, 2.45) is 7.05 Å². The van der Waals surface area contributed by atoms with Crippen LogP contribution in [0, 0.1) is 5.82 Å². The molecule has 2 aromatic rings. The molecule has 2 N–H and O–H groups in total. The van der Waals surface area contributed by atoms with Crippen LogP contribution in [0.3, 0.4) is 0 Å². The number of hydrogen-bond acceptors (Lipinski definition) is 3. The van der Waals surface area contributed by atoms with Gasteiger partial charge in [0.25, 0.3) is 0 Å². The Morgan fingerprint density at radius 1 is 1.44 bits per heavy atom. The number of hydrogen-bond donors (Lipinski definition) is 1. The molecule has 16 heavy (non-hydrogen) atoms. The van der Waals surface area contributed by atoms with Crippen molar-refractivity contribution in [3.63, 3.8) is 0 Å². The smallest absolute Gasteiger partial charge is 0.167 e. The highest BCUT2D eigenvalue weighted by molar-refractivity contribution is 7.98. The lowest BCUT2D eigenvalue weighted by molar-refractivity contribution is 0.627. The van der Waals surface area contributed by atoms with Gasteiger partial charge >= 0.3 is 0 Å². The maximum absolute atomic E-state index is 13.1. The van der Waals surface area contributed by atoms with E-state index in [-0.39, 0.29) is 5.82 Å². The third kappa shape index (κ3) is 2.55. The van der Waals surface area contributed by atoms with E-state index >= 15 is 0 Å². The minimum atomic E-state index is -0.296. The zero-order valence-electron chi connectivity index (χ0n) is 8.85. The summed E-state index contributed by atoms with van der Waals surface area (Å²) in [5, 5.41) is 0.905. The molecule has 2 rings (SSSR count). The SMILES string of the molecule is Cn1ccnc1SCc1cc(N)cc(F)c1. The number of aryl methyl sites for hydroxylation is 1. The Hall–Kier alpha value is -1.49. The van der Waals surface area contributed by atoms with Crippen LogP contribution < -0.4 is 5.73 Å². The molecular formula is C11H12FN3S. The zero-order valence-corrected chi connectivity index (χ0v) is 9.67. The average molecular weight is 237 g/mol. The van der Waals surface area contributed by atoms with Gasteiger partial charge in [-0.05, 0) is 23.8 Å². The molecule has 0 bridgehead atoms.